The van der Waals surface area contributed by atoms with Crippen molar-refractivity contribution in [2.24, 2.45) is 5.92 Å². The Morgan fingerprint density at radius 1 is 1.40 bits per heavy atom. The highest BCUT2D eigenvalue weighted by Gasteiger charge is 2.35. The van der Waals surface area contributed by atoms with Crippen molar-refractivity contribution in [3.05, 3.63) is 17.6 Å². The van der Waals surface area contributed by atoms with E-state index < -0.39 is 10.0 Å². The van der Waals surface area contributed by atoms with Crippen molar-refractivity contribution in [1.82, 2.24) is 9.62 Å². The Morgan fingerprint density at radius 3 is 2.75 bits per heavy atom. The predicted octanol–water partition coefficient (Wildman–Crippen LogP) is 2.12. The van der Waals surface area contributed by atoms with Crippen LogP contribution in [0.3, 0.4) is 0 Å². The Hall–Kier alpha value is -0.850. The van der Waals surface area contributed by atoms with Gasteiger partial charge in [0.2, 0.25) is 10.0 Å². The van der Waals surface area contributed by atoms with Gasteiger partial charge < -0.3 is 9.73 Å². The molecule has 2 heterocycles. The average molecular weight is 300 g/mol. The minimum Gasteiger partial charge on any atom is -0.464 e. The Balaban J connectivity index is 2.34. The summed E-state index contributed by atoms with van der Waals surface area (Å²) in [6.45, 7) is 6.91. The maximum absolute atomic E-state index is 12.8. The molecule has 0 amide bonds. The number of hydrogen-bond donors (Lipinski definition) is 1. The lowest BCUT2D eigenvalue weighted by molar-refractivity contribution is 0.217. The van der Waals surface area contributed by atoms with Crippen LogP contribution in [0.25, 0.3) is 0 Å². The lowest BCUT2D eigenvalue weighted by atomic mass is 9.97. The lowest BCUT2D eigenvalue weighted by Gasteiger charge is -2.35. The highest BCUT2D eigenvalue weighted by Crippen LogP contribution is 2.30. The van der Waals surface area contributed by atoms with E-state index in [1.807, 2.05) is 6.92 Å². The smallest absolute Gasteiger partial charge is 0.246 e. The Kier molecular flexibility index (Phi) is 4.56. The second-order valence-electron chi connectivity index (χ2n) is 5.77. The van der Waals surface area contributed by atoms with Crippen LogP contribution in [0.2, 0.25) is 0 Å². The molecule has 5 nitrogen and oxygen atoms in total. The lowest BCUT2D eigenvalue weighted by Crippen LogP contribution is -2.44. The monoisotopic (exact) mass is 300 g/mol. The van der Waals surface area contributed by atoms with Crippen molar-refractivity contribution in [2.75, 3.05) is 13.6 Å². The van der Waals surface area contributed by atoms with Crippen molar-refractivity contribution in [3.63, 3.8) is 0 Å². The summed E-state index contributed by atoms with van der Waals surface area (Å²) < 4.78 is 32.8. The number of nitrogens with one attached hydrogen (secondary N) is 1. The highest BCUT2D eigenvalue weighted by atomic mass is 32.2. The van der Waals surface area contributed by atoms with E-state index in [1.165, 1.54) is 0 Å². The molecule has 0 saturated carbocycles. The molecule has 20 heavy (non-hydrogen) atoms. The van der Waals surface area contributed by atoms with Gasteiger partial charge >= 0.3 is 0 Å². The molecule has 1 aromatic rings. The van der Waals surface area contributed by atoms with Crippen LogP contribution in [0.4, 0.5) is 0 Å². The summed E-state index contributed by atoms with van der Waals surface area (Å²) in [4.78, 5) is 0.309. The molecule has 0 aliphatic carbocycles. The van der Waals surface area contributed by atoms with Crippen LogP contribution in [0.15, 0.2) is 15.4 Å². The average Bonchev–Trinajstić information content (AvgIpc) is 2.74. The SMILES string of the molecule is CNCc1cc(S(=O)(=O)N2CC(C)CCC2C)c(C)o1. The van der Waals surface area contributed by atoms with Crippen LogP contribution >= 0.6 is 0 Å². The second kappa shape index (κ2) is 5.87. The summed E-state index contributed by atoms with van der Waals surface area (Å²) in [6, 6.07) is 1.70. The first-order chi connectivity index (χ1) is 9.36. The molecule has 1 aromatic heterocycles. The van der Waals surface area contributed by atoms with E-state index in [1.54, 1.807) is 24.3 Å². The summed E-state index contributed by atoms with van der Waals surface area (Å²) in [5.74, 6) is 1.53. The summed E-state index contributed by atoms with van der Waals surface area (Å²) in [7, 11) is -1.65. The highest BCUT2D eigenvalue weighted by molar-refractivity contribution is 7.89. The Bertz CT molecular complexity index is 565. The van der Waals surface area contributed by atoms with Gasteiger partial charge in [-0.05, 0) is 39.7 Å². The van der Waals surface area contributed by atoms with Gasteiger partial charge in [-0.2, -0.15) is 4.31 Å². The van der Waals surface area contributed by atoms with Gasteiger partial charge in [-0.1, -0.05) is 6.92 Å². The summed E-state index contributed by atoms with van der Waals surface area (Å²) in [6.07, 6.45) is 2.00. The normalized spacial score (nSPS) is 25.0. The molecule has 2 rings (SSSR count). The molecular formula is C14H24N2O3S. The topological polar surface area (TPSA) is 62.6 Å². The number of rotatable bonds is 4. The molecule has 1 aliphatic heterocycles. The Morgan fingerprint density at radius 2 is 2.10 bits per heavy atom. The maximum atomic E-state index is 12.8. The third-order valence-corrected chi connectivity index (χ3v) is 6.01. The zero-order valence-electron chi connectivity index (χ0n) is 12.6. The van der Waals surface area contributed by atoms with Crippen LogP contribution in [-0.2, 0) is 16.6 Å². The molecule has 114 valence electrons. The first-order valence-corrected chi connectivity index (χ1v) is 8.56. The van der Waals surface area contributed by atoms with Crippen LogP contribution in [-0.4, -0.2) is 32.4 Å². The standard InChI is InChI=1S/C14H24N2O3S/c1-10-5-6-11(2)16(9-10)20(17,18)14-7-13(8-15-4)19-12(14)3/h7,10-11,15H,5-6,8-9H2,1-4H3. The summed E-state index contributed by atoms with van der Waals surface area (Å²) >= 11 is 0. The fourth-order valence-corrected chi connectivity index (χ4v) is 4.72. The number of aryl methyl sites for hydroxylation is 1. The second-order valence-corrected chi connectivity index (χ2v) is 7.63. The number of sulfonamides is 1. The minimum atomic E-state index is -3.46. The summed E-state index contributed by atoms with van der Waals surface area (Å²) in [5.41, 5.74) is 0. The van der Waals surface area contributed by atoms with Gasteiger partial charge in [0.05, 0.1) is 6.54 Å². The van der Waals surface area contributed by atoms with E-state index in [2.05, 4.69) is 12.2 Å². The van der Waals surface area contributed by atoms with E-state index in [-0.39, 0.29) is 6.04 Å². The van der Waals surface area contributed by atoms with Crippen LogP contribution in [0.1, 0.15) is 38.2 Å². The van der Waals surface area contributed by atoms with E-state index in [9.17, 15) is 8.42 Å². The van der Waals surface area contributed by atoms with Gasteiger partial charge in [-0.3, -0.25) is 0 Å². The van der Waals surface area contributed by atoms with Crippen molar-refractivity contribution in [3.8, 4) is 0 Å². The van der Waals surface area contributed by atoms with Gasteiger partial charge in [-0.15, -0.1) is 0 Å². The molecule has 0 bridgehead atoms. The molecule has 2 unspecified atom stereocenters. The van der Waals surface area contributed by atoms with Gasteiger partial charge in [0.25, 0.3) is 0 Å². The molecule has 0 spiro atoms. The van der Waals surface area contributed by atoms with Crippen LogP contribution in [0.5, 0.6) is 0 Å². The van der Waals surface area contributed by atoms with Gasteiger partial charge in [0, 0.05) is 18.7 Å². The fourth-order valence-electron chi connectivity index (χ4n) is 2.75. The number of furan rings is 1. The van der Waals surface area contributed by atoms with Gasteiger partial charge in [0.1, 0.15) is 16.4 Å². The van der Waals surface area contributed by atoms with Crippen molar-refractivity contribution in [1.29, 1.82) is 0 Å². The molecule has 2 atom stereocenters. The Labute approximate surface area is 121 Å². The molecule has 6 heteroatoms. The first-order valence-electron chi connectivity index (χ1n) is 7.12. The van der Waals surface area contributed by atoms with Gasteiger partial charge in [-0.25, -0.2) is 8.42 Å². The van der Waals surface area contributed by atoms with Crippen LogP contribution in [0, 0.1) is 12.8 Å². The van der Waals surface area contributed by atoms with E-state index >= 15 is 0 Å². The quantitative estimate of drug-likeness (QED) is 0.925. The molecule has 0 aromatic carbocycles. The van der Waals surface area contributed by atoms with E-state index in [0.29, 0.717) is 35.4 Å². The molecule has 1 aliphatic rings. The zero-order chi connectivity index (χ0) is 14.9. The number of hydrogen-bond acceptors (Lipinski definition) is 4. The zero-order valence-corrected chi connectivity index (χ0v) is 13.5. The van der Waals surface area contributed by atoms with E-state index in [4.69, 9.17) is 4.42 Å². The van der Waals surface area contributed by atoms with Crippen molar-refractivity contribution >= 4 is 10.0 Å². The molecule has 0 radical (unpaired) electrons. The molecular weight excluding hydrogens is 276 g/mol. The third kappa shape index (κ3) is 2.92. The van der Waals surface area contributed by atoms with Gasteiger partial charge in [0.15, 0.2) is 0 Å². The fraction of sp³-hybridized carbons (Fsp3) is 0.714. The third-order valence-electron chi connectivity index (χ3n) is 3.92. The number of piperidine rings is 1. The van der Waals surface area contributed by atoms with E-state index in [0.717, 1.165) is 12.8 Å². The number of nitrogens with zero attached hydrogens (tertiary/aromatic N) is 1. The predicted molar refractivity (Wildman–Crippen MR) is 78.0 cm³/mol. The summed E-state index contributed by atoms with van der Waals surface area (Å²) in [5, 5.41) is 2.97. The molecule has 1 saturated heterocycles. The first kappa shape index (κ1) is 15.5. The maximum Gasteiger partial charge on any atom is 0.246 e. The largest absolute Gasteiger partial charge is 0.464 e. The minimum absolute atomic E-state index is 0.0539. The van der Waals surface area contributed by atoms with Crippen LogP contribution < -0.4 is 5.32 Å². The van der Waals surface area contributed by atoms with Crippen molar-refractivity contribution in [2.45, 2.75) is 51.1 Å². The molecule has 1 fully saturated rings. The van der Waals surface area contributed by atoms with Crippen molar-refractivity contribution < 1.29 is 12.8 Å². The molecule has 1 N–H and O–H groups in total.